The van der Waals surface area contributed by atoms with E-state index in [0.717, 1.165) is 24.7 Å². The summed E-state index contributed by atoms with van der Waals surface area (Å²) in [6, 6.07) is 7.91. The minimum absolute atomic E-state index is 0.241. The lowest BCUT2D eigenvalue weighted by molar-refractivity contribution is -0.138. The fourth-order valence-electron chi connectivity index (χ4n) is 1.47. The molecule has 0 saturated heterocycles. The molecule has 0 saturated carbocycles. The molecule has 3 nitrogen and oxygen atoms in total. The maximum absolute atomic E-state index is 10.8. The van der Waals surface area contributed by atoms with E-state index in [1.165, 1.54) is 5.56 Å². The summed E-state index contributed by atoms with van der Waals surface area (Å²) in [6.07, 6.45) is 3.21. The van der Waals surface area contributed by atoms with E-state index in [0.29, 0.717) is 6.61 Å². The van der Waals surface area contributed by atoms with Gasteiger partial charge in [-0.3, -0.25) is 0 Å². The number of benzene rings is 1. The average molecular weight is 234 g/mol. The molecule has 0 N–H and O–H groups in total. The number of aryl methyl sites for hydroxylation is 1. The number of rotatable bonds is 7. The summed E-state index contributed by atoms with van der Waals surface area (Å²) >= 11 is 0. The van der Waals surface area contributed by atoms with E-state index in [9.17, 15) is 4.79 Å². The first-order chi connectivity index (χ1) is 8.27. The molecule has 1 aromatic carbocycles. The molecule has 0 fully saturated rings. The number of carbonyl (C=O) groups is 1. The number of hydrogen-bond acceptors (Lipinski definition) is 3. The highest BCUT2D eigenvalue weighted by atomic mass is 16.6. The van der Waals surface area contributed by atoms with Crippen LogP contribution >= 0.6 is 0 Å². The topological polar surface area (TPSA) is 35.5 Å². The molecule has 1 aromatic rings. The van der Waals surface area contributed by atoms with E-state index >= 15 is 0 Å². The Bertz CT molecular complexity index is 371. The molecule has 0 heterocycles. The van der Waals surface area contributed by atoms with Gasteiger partial charge in [-0.25, -0.2) is 4.79 Å². The second-order valence-corrected chi connectivity index (χ2v) is 3.58. The van der Waals surface area contributed by atoms with Crippen LogP contribution in [0.15, 0.2) is 36.9 Å². The van der Waals surface area contributed by atoms with Crippen molar-refractivity contribution < 1.29 is 14.3 Å². The highest BCUT2D eigenvalue weighted by molar-refractivity contribution is 5.81. The Morgan fingerprint density at radius 3 is 2.82 bits per heavy atom. The summed E-state index contributed by atoms with van der Waals surface area (Å²) in [6.45, 7) is 6.05. The minimum Gasteiger partial charge on any atom is -0.490 e. The molecule has 0 aliphatic carbocycles. The largest absolute Gasteiger partial charge is 0.490 e. The van der Waals surface area contributed by atoms with E-state index in [4.69, 9.17) is 9.47 Å². The fourth-order valence-corrected chi connectivity index (χ4v) is 1.47. The molecule has 0 unspecified atom stereocenters. The summed E-state index contributed by atoms with van der Waals surface area (Å²) in [7, 11) is 0. The number of carbonyl (C=O) groups excluding carboxylic acids is 1. The molecule has 0 amide bonds. The standard InChI is InChI=1S/C14H18O3/c1-3-7-12-8-5-6-9-13(12)16-10-11-17-14(15)4-2/h4-6,8-9H,2-3,7,10-11H2,1H3. The molecular formula is C14H18O3. The van der Waals surface area contributed by atoms with Crippen molar-refractivity contribution >= 4 is 5.97 Å². The molecular weight excluding hydrogens is 216 g/mol. The summed E-state index contributed by atoms with van der Waals surface area (Å²) in [4.78, 5) is 10.8. The monoisotopic (exact) mass is 234 g/mol. The van der Waals surface area contributed by atoms with Crippen LogP contribution in [0.3, 0.4) is 0 Å². The molecule has 0 aliphatic heterocycles. The van der Waals surface area contributed by atoms with Gasteiger partial charge in [-0.2, -0.15) is 0 Å². The van der Waals surface area contributed by atoms with Crippen molar-refractivity contribution in [3.8, 4) is 5.75 Å². The lowest BCUT2D eigenvalue weighted by Gasteiger charge is -2.10. The van der Waals surface area contributed by atoms with Crippen molar-refractivity contribution in [3.63, 3.8) is 0 Å². The zero-order valence-electron chi connectivity index (χ0n) is 10.1. The average Bonchev–Trinajstić information content (AvgIpc) is 2.36. The van der Waals surface area contributed by atoms with Crippen LogP contribution in [0.2, 0.25) is 0 Å². The zero-order chi connectivity index (χ0) is 12.5. The van der Waals surface area contributed by atoms with Crippen molar-refractivity contribution in [1.82, 2.24) is 0 Å². The summed E-state index contributed by atoms with van der Waals surface area (Å²) in [5.41, 5.74) is 1.19. The predicted molar refractivity (Wildman–Crippen MR) is 67.1 cm³/mol. The van der Waals surface area contributed by atoms with Crippen LogP contribution in [0.25, 0.3) is 0 Å². The Kier molecular flexibility index (Phi) is 5.86. The first kappa shape index (κ1) is 13.3. The summed E-state index contributed by atoms with van der Waals surface area (Å²) in [5, 5.41) is 0. The van der Waals surface area contributed by atoms with Crippen LogP contribution in [0, 0.1) is 0 Å². The Hall–Kier alpha value is -1.77. The van der Waals surface area contributed by atoms with Gasteiger partial charge in [0.15, 0.2) is 0 Å². The molecule has 0 spiro atoms. The van der Waals surface area contributed by atoms with Gasteiger partial charge in [-0.15, -0.1) is 0 Å². The third-order valence-electron chi connectivity index (χ3n) is 2.24. The second kappa shape index (κ2) is 7.49. The zero-order valence-corrected chi connectivity index (χ0v) is 10.1. The maximum atomic E-state index is 10.8. The van der Waals surface area contributed by atoms with Crippen LogP contribution in [0.4, 0.5) is 0 Å². The van der Waals surface area contributed by atoms with Crippen molar-refractivity contribution in [2.45, 2.75) is 19.8 Å². The van der Waals surface area contributed by atoms with Gasteiger partial charge in [-0.05, 0) is 18.1 Å². The lowest BCUT2D eigenvalue weighted by Crippen LogP contribution is -2.10. The lowest BCUT2D eigenvalue weighted by atomic mass is 10.1. The molecule has 1 rings (SSSR count). The second-order valence-electron chi connectivity index (χ2n) is 3.58. The van der Waals surface area contributed by atoms with Crippen molar-refractivity contribution in [2.75, 3.05) is 13.2 Å². The molecule has 0 atom stereocenters. The maximum Gasteiger partial charge on any atom is 0.330 e. The molecule has 0 aromatic heterocycles. The van der Waals surface area contributed by atoms with Gasteiger partial charge >= 0.3 is 5.97 Å². The SMILES string of the molecule is C=CC(=O)OCCOc1ccccc1CCC. The van der Waals surface area contributed by atoms with Gasteiger partial charge in [0.2, 0.25) is 0 Å². The van der Waals surface area contributed by atoms with E-state index in [-0.39, 0.29) is 6.61 Å². The van der Waals surface area contributed by atoms with Gasteiger partial charge in [0.1, 0.15) is 19.0 Å². The molecule has 0 bridgehead atoms. The van der Waals surface area contributed by atoms with Crippen LogP contribution in [0.5, 0.6) is 5.75 Å². The number of para-hydroxylation sites is 1. The van der Waals surface area contributed by atoms with Gasteiger partial charge < -0.3 is 9.47 Å². The highest BCUT2D eigenvalue weighted by Crippen LogP contribution is 2.19. The first-order valence-electron chi connectivity index (χ1n) is 5.77. The molecule has 0 radical (unpaired) electrons. The normalized spacial score (nSPS) is 9.71. The minimum atomic E-state index is -0.421. The third-order valence-corrected chi connectivity index (χ3v) is 2.24. The van der Waals surface area contributed by atoms with Crippen LogP contribution < -0.4 is 4.74 Å². The van der Waals surface area contributed by atoms with E-state index in [2.05, 4.69) is 19.6 Å². The smallest absolute Gasteiger partial charge is 0.330 e. The third kappa shape index (κ3) is 4.72. The van der Waals surface area contributed by atoms with Gasteiger partial charge in [0.25, 0.3) is 0 Å². The molecule has 17 heavy (non-hydrogen) atoms. The number of esters is 1. The van der Waals surface area contributed by atoms with Crippen LogP contribution in [0.1, 0.15) is 18.9 Å². The van der Waals surface area contributed by atoms with Crippen molar-refractivity contribution in [2.24, 2.45) is 0 Å². The molecule has 92 valence electrons. The number of hydrogen-bond donors (Lipinski definition) is 0. The first-order valence-corrected chi connectivity index (χ1v) is 5.77. The van der Waals surface area contributed by atoms with E-state index < -0.39 is 5.97 Å². The summed E-state index contributed by atoms with van der Waals surface area (Å²) in [5.74, 6) is 0.444. The van der Waals surface area contributed by atoms with Crippen molar-refractivity contribution in [3.05, 3.63) is 42.5 Å². The van der Waals surface area contributed by atoms with Gasteiger partial charge in [0, 0.05) is 6.08 Å². The number of ether oxygens (including phenoxy) is 2. The van der Waals surface area contributed by atoms with Gasteiger partial charge in [-0.1, -0.05) is 38.1 Å². The van der Waals surface area contributed by atoms with Gasteiger partial charge in [0.05, 0.1) is 0 Å². The van der Waals surface area contributed by atoms with Crippen LogP contribution in [-0.4, -0.2) is 19.2 Å². The Labute approximate surface area is 102 Å². The Morgan fingerprint density at radius 1 is 1.35 bits per heavy atom. The Balaban J connectivity index is 2.40. The quantitative estimate of drug-likeness (QED) is 0.413. The van der Waals surface area contributed by atoms with Crippen molar-refractivity contribution in [1.29, 1.82) is 0 Å². The highest BCUT2D eigenvalue weighted by Gasteiger charge is 2.02. The van der Waals surface area contributed by atoms with Crippen LogP contribution in [-0.2, 0) is 16.0 Å². The summed E-state index contributed by atoms with van der Waals surface area (Å²) < 4.78 is 10.4. The predicted octanol–water partition coefficient (Wildman–Crippen LogP) is 2.75. The fraction of sp³-hybridized carbons (Fsp3) is 0.357. The Morgan fingerprint density at radius 2 is 2.12 bits per heavy atom. The van der Waals surface area contributed by atoms with E-state index in [1.807, 2.05) is 18.2 Å². The van der Waals surface area contributed by atoms with E-state index in [1.54, 1.807) is 0 Å². The molecule has 0 aliphatic rings. The molecule has 3 heteroatoms.